The smallest absolute Gasteiger partial charge is 0.306 e. The molecule has 0 aliphatic heterocycles. The molecule has 0 aromatic rings. The minimum Gasteiger partial charge on any atom is -0.462 e. The quantitative estimate of drug-likeness (QED) is 0.0203. The number of ether oxygens (including phenoxy) is 3. The van der Waals surface area contributed by atoms with Crippen molar-refractivity contribution in [2.24, 2.45) is 0 Å². The van der Waals surface area contributed by atoms with Crippen molar-refractivity contribution < 1.29 is 28.6 Å². The van der Waals surface area contributed by atoms with Crippen LogP contribution in [-0.2, 0) is 28.6 Å². The summed E-state index contributed by atoms with van der Waals surface area (Å²) in [4.78, 5) is 37.7. The van der Waals surface area contributed by atoms with Gasteiger partial charge < -0.3 is 14.2 Å². The molecule has 6 nitrogen and oxygen atoms in total. The Hall–Kier alpha value is -2.37. The van der Waals surface area contributed by atoms with Crippen molar-refractivity contribution >= 4 is 17.9 Å². The van der Waals surface area contributed by atoms with E-state index in [4.69, 9.17) is 14.2 Å². The molecule has 0 saturated heterocycles. The molecule has 0 bridgehead atoms. The van der Waals surface area contributed by atoms with Crippen LogP contribution >= 0.6 is 0 Å². The Labute approximate surface area is 334 Å². The van der Waals surface area contributed by atoms with E-state index < -0.39 is 6.10 Å². The van der Waals surface area contributed by atoms with Crippen LogP contribution in [0.2, 0.25) is 0 Å². The molecule has 6 heteroatoms. The molecule has 0 saturated carbocycles. The fourth-order valence-corrected chi connectivity index (χ4v) is 6.35. The van der Waals surface area contributed by atoms with Gasteiger partial charge in [0.15, 0.2) is 6.10 Å². The van der Waals surface area contributed by atoms with Crippen LogP contribution in [0.3, 0.4) is 0 Å². The van der Waals surface area contributed by atoms with E-state index in [1.54, 1.807) is 0 Å². The van der Waals surface area contributed by atoms with Crippen molar-refractivity contribution in [2.75, 3.05) is 13.2 Å². The summed E-state index contributed by atoms with van der Waals surface area (Å²) in [6, 6.07) is 0. The lowest BCUT2D eigenvalue weighted by molar-refractivity contribution is -0.167. The van der Waals surface area contributed by atoms with Crippen LogP contribution in [0.5, 0.6) is 0 Å². The molecule has 0 rings (SSSR count). The highest BCUT2D eigenvalue weighted by Gasteiger charge is 2.19. The molecule has 0 heterocycles. The summed E-state index contributed by atoms with van der Waals surface area (Å²) in [6.45, 7) is 6.53. The maximum absolute atomic E-state index is 12.7. The van der Waals surface area contributed by atoms with Gasteiger partial charge in [0.1, 0.15) is 13.2 Å². The average Bonchev–Trinajstić information content (AvgIpc) is 3.17. The zero-order valence-electron chi connectivity index (χ0n) is 35.7. The average molecular weight is 759 g/mol. The van der Waals surface area contributed by atoms with Gasteiger partial charge in [0.25, 0.3) is 0 Å². The molecule has 314 valence electrons. The molecule has 1 atom stereocenters. The molecule has 0 aliphatic rings. The second-order valence-electron chi connectivity index (χ2n) is 15.3. The van der Waals surface area contributed by atoms with Crippen molar-refractivity contribution in [3.63, 3.8) is 0 Å². The van der Waals surface area contributed by atoms with Gasteiger partial charge in [-0.05, 0) is 64.2 Å². The van der Waals surface area contributed by atoms with Crippen molar-refractivity contribution in [1.82, 2.24) is 0 Å². The van der Waals surface area contributed by atoms with Crippen LogP contribution in [0.15, 0.2) is 36.5 Å². The molecule has 0 N–H and O–H groups in total. The van der Waals surface area contributed by atoms with Crippen molar-refractivity contribution in [1.29, 1.82) is 0 Å². The zero-order chi connectivity index (χ0) is 39.4. The van der Waals surface area contributed by atoms with Crippen LogP contribution in [0.4, 0.5) is 0 Å². The Bertz CT molecular complexity index is 922. The lowest BCUT2D eigenvalue weighted by Gasteiger charge is -2.18. The maximum atomic E-state index is 12.7. The van der Waals surface area contributed by atoms with Gasteiger partial charge in [-0.1, -0.05) is 186 Å². The van der Waals surface area contributed by atoms with Crippen LogP contribution in [-0.4, -0.2) is 37.2 Å². The molecule has 0 amide bonds. The Morgan fingerprint density at radius 3 is 1.13 bits per heavy atom. The first-order valence-corrected chi connectivity index (χ1v) is 23.0. The highest BCUT2D eigenvalue weighted by molar-refractivity contribution is 5.71. The summed E-state index contributed by atoms with van der Waals surface area (Å²) < 4.78 is 16.7. The predicted molar refractivity (Wildman–Crippen MR) is 229 cm³/mol. The molecule has 0 aromatic carbocycles. The van der Waals surface area contributed by atoms with Crippen LogP contribution in [0, 0.1) is 0 Å². The summed E-state index contributed by atoms with van der Waals surface area (Å²) in [5, 5.41) is 0. The highest BCUT2D eigenvalue weighted by atomic mass is 16.6. The molecule has 1 unspecified atom stereocenters. The summed E-state index contributed by atoms with van der Waals surface area (Å²) >= 11 is 0. The van der Waals surface area contributed by atoms with Gasteiger partial charge in [0.2, 0.25) is 0 Å². The van der Waals surface area contributed by atoms with E-state index in [2.05, 4.69) is 57.2 Å². The molecule has 0 radical (unpaired) electrons. The van der Waals surface area contributed by atoms with Crippen molar-refractivity contribution in [2.45, 2.75) is 239 Å². The minimum absolute atomic E-state index is 0.0776. The molecule has 0 aromatic heterocycles. The van der Waals surface area contributed by atoms with Crippen molar-refractivity contribution in [3.05, 3.63) is 36.5 Å². The fraction of sp³-hybridized carbons (Fsp3) is 0.812. The summed E-state index contributed by atoms with van der Waals surface area (Å²) in [6.07, 6.45) is 48.3. The van der Waals surface area contributed by atoms with Crippen LogP contribution in [0.1, 0.15) is 233 Å². The Morgan fingerprint density at radius 2 is 0.685 bits per heavy atom. The first-order chi connectivity index (χ1) is 26.5. The molecular formula is C48H86O6. The number of carbonyl (C=O) groups excluding carboxylic acids is 3. The van der Waals surface area contributed by atoms with Gasteiger partial charge in [-0.3, -0.25) is 14.4 Å². The fourth-order valence-electron chi connectivity index (χ4n) is 6.35. The van der Waals surface area contributed by atoms with Crippen LogP contribution < -0.4 is 0 Å². The van der Waals surface area contributed by atoms with E-state index in [1.807, 2.05) is 0 Å². The van der Waals surface area contributed by atoms with Gasteiger partial charge >= 0.3 is 17.9 Å². The lowest BCUT2D eigenvalue weighted by Crippen LogP contribution is -2.30. The van der Waals surface area contributed by atoms with Gasteiger partial charge in [0.05, 0.1) is 0 Å². The Kier molecular flexibility index (Phi) is 41.5. The second kappa shape index (κ2) is 43.4. The Morgan fingerprint density at radius 1 is 0.370 bits per heavy atom. The number of carbonyl (C=O) groups is 3. The third-order valence-electron chi connectivity index (χ3n) is 9.90. The van der Waals surface area contributed by atoms with E-state index in [1.165, 1.54) is 116 Å². The van der Waals surface area contributed by atoms with E-state index in [0.29, 0.717) is 19.3 Å². The second-order valence-corrected chi connectivity index (χ2v) is 15.3. The third kappa shape index (κ3) is 40.8. The van der Waals surface area contributed by atoms with E-state index >= 15 is 0 Å². The van der Waals surface area contributed by atoms with Gasteiger partial charge in [0, 0.05) is 19.3 Å². The molecule has 0 spiro atoms. The molecule has 0 fully saturated rings. The Balaban J connectivity index is 4.37. The SMILES string of the molecule is CCCC/C=C\CCCCCCCC(=O)OC(COC(=O)CCCCCCCC/C=C\C=C/CCCCC)COC(=O)CCCCCCCCCCCC. The van der Waals surface area contributed by atoms with E-state index in [-0.39, 0.29) is 31.1 Å². The third-order valence-corrected chi connectivity index (χ3v) is 9.90. The standard InChI is InChI=1S/C48H86O6/c1-4-7-10-13-16-19-22-23-24-25-27-29-32-35-38-41-47(50)53-44-45(43-52-46(49)40-37-34-31-28-21-18-15-12-9-6-3)54-48(51)42-39-36-33-30-26-20-17-14-11-8-5-2/h14,16-17,19,22-23,45H,4-13,15,18,20-21,24-44H2,1-3H3/b17-14-,19-16-,23-22-. The highest BCUT2D eigenvalue weighted by Crippen LogP contribution is 2.14. The van der Waals surface area contributed by atoms with E-state index in [9.17, 15) is 14.4 Å². The number of unbranched alkanes of at least 4 members (excludes halogenated alkanes) is 25. The molecule has 0 aliphatic carbocycles. The topological polar surface area (TPSA) is 78.9 Å². The first kappa shape index (κ1) is 51.6. The normalized spacial score (nSPS) is 12.3. The van der Waals surface area contributed by atoms with Crippen LogP contribution in [0.25, 0.3) is 0 Å². The maximum Gasteiger partial charge on any atom is 0.306 e. The lowest BCUT2D eigenvalue weighted by atomic mass is 10.1. The summed E-state index contributed by atoms with van der Waals surface area (Å²) in [5.74, 6) is -0.899. The number of esters is 3. The molecular weight excluding hydrogens is 673 g/mol. The first-order valence-electron chi connectivity index (χ1n) is 23.0. The predicted octanol–water partition coefficient (Wildman–Crippen LogP) is 14.6. The van der Waals surface area contributed by atoms with Gasteiger partial charge in [-0.15, -0.1) is 0 Å². The van der Waals surface area contributed by atoms with E-state index in [0.717, 1.165) is 77.0 Å². The summed E-state index contributed by atoms with van der Waals surface area (Å²) in [7, 11) is 0. The van der Waals surface area contributed by atoms with Crippen molar-refractivity contribution in [3.8, 4) is 0 Å². The monoisotopic (exact) mass is 759 g/mol. The molecule has 54 heavy (non-hydrogen) atoms. The number of rotatable bonds is 41. The zero-order valence-corrected chi connectivity index (χ0v) is 35.7. The van der Waals surface area contributed by atoms with Gasteiger partial charge in [-0.25, -0.2) is 0 Å². The summed E-state index contributed by atoms with van der Waals surface area (Å²) in [5.41, 5.74) is 0. The number of allylic oxidation sites excluding steroid dienone is 6. The number of hydrogen-bond acceptors (Lipinski definition) is 6. The minimum atomic E-state index is -0.775. The number of hydrogen-bond donors (Lipinski definition) is 0. The van der Waals surface area contributed by atoms with Gasteiger partial charge in [-0.2, -0.15) is 0 Å². The largest absolute Gasteiger partial charge is 0.462 e.